The Hall–Kier alpha value is -0.935. The first-order valence-electron chi connectivity index (χ1n) is 4.43. The summed E-state index contributed by atoms with van der Waals surface area (Å²) in [4.78, 5) is 0. The van der Waals surface area contributed by atoms with E-state index in [1.165, 1.54) is 16.6 Å². The largest absolute Gasteiger partial charge is 0.139 e. The number of rotatable bonds is 1. The zero-order valence-corrected chi connectivity index (χ0v) is 8.31. The SMILES string of the molecule is BC1=CC(C(C)C)=C=CC(C)=C1. The maximum absolute atomic E-state index is 3.31. The molecule has 0 N–H and O–H groups in total. The van der Waals surface area contributed by atoms with E-state index in [1.807, 2.05) is 0 Å². The molecule has 0 spiro atoms. The monoisotopic (exact) mass is 158 g/mol. The van der Waals surface area contributed by atoms with Crippen molar-refractivity contribution in [1.29, 1.82) is 0 Å². The molecule has 0 heterocycles. The molecular weight excluding hydrogens is 143 g/mol. The quantitative estimate of drug-likeness (QED) is 0.405. The van der Waals surface area contributed by atoms with Crippen LogP contribution >= 0.6 is 0 Å². The van der Waals surface area contributed by atoms with E-state index in [2.05, 4.69) is 52.6 Å². The minimum atomic E-state index is 0.565. The van der Waals surface area contributed by atoms with Gasteiger partial charge in [-0.05, 0) is 30.1 Å². The van der Waals surface area contributed by atoms with Crippen LogP contribution in [0.2, 0.25) is 0 Å². The molecule has 0 fully saturated rings. The van der Waals surface area contributed by atoms with E-state index >= 15 is 0 Å². The molecule has 0 aromatic rings. The van der Waals surface area contributed by atoms with Crippen LogP contribution in [0.4, 0.5) is 0 Å². The standard InChI is InChI=1S/C11H15B/c1-8(2)10-5-4-9(3)6-11(12)7-10/h4,6-8H,12H2,1-3H3. The van der Waals surface area contributed by atoms with Crippen molar-refractivity contribution in [3.05, 3.63) is 40.6 Å². The van der Waals surface area contributed by atoms with Crippen LogP contribution in [0.3, 0.4) is 0 Å². The third-order valence-electron chi connectivity index (χ3n) is 1.93. The van der Waals surface area contributed by atoms with E-state index in [-0.39, 0.29) is 0 Å². The molecule has 0 bridgehead atoms. The van der Waals surface area contributed by atoms with Crippen molar-refractivity contribution in [3.63, 3.8) is 0 Å². The highest BCUT2D eigenvalue weighted by molar-refractivity contribution is 6.23. The Morgan fingerprint density at radius 1 is 1.33 bits per heavy atom. The van der Waals surface area contributed by atoms with E-state index in [1.54, 1.807) is 0 Å². The van der Waals surface area contributed by atoms with Crippen LogP contribution in [-0.2, 0) is 0 Å². The molecule has 0 unspecified atom stereocenters. The summed E-state index contributed by atoms with van der Waals surface area (Å²) >= 11 is 0. The van der Waals surface area contributed by atoms with Gasteiger partial charge in [-0.2, -0.15) is 0 Å². The first-order chi connectivity index (χ1) is 5.59. The second kappa shape index (κ2) is 3.64. The summed E-state index contributed by atoms with van der Waals surface area (Å²) in [6.07, 6.45) is 6.45. The average molecular weight is 158 g/mol. The molecule has 0 atom stereocenters. The van der Waals surface area contributed by atoms with Crippen LogP contribution in [0.1, 0.15) is 20.8 Å². The third kappa shape index (κ3) is 2.28. The number of allylic oxidation sites excluding steroid dienone is 5. The molecule has 0 aliphatic heterocycles. The minimum Gasteiger partial charge on any atom is -0.117 e. The fourth-order valence-corrected chi connectivity index (χ4v) is 1.26. The molecule has 1 rings (SSSR count). The normalized spacial score (nSPS) is 16.8. The predicted molar refractivity (Wildman–Crippen MR) is 56.8 cm³/mol. The van der Waals surface area contributed by atoms with Crippen LogP contribution in [0, 0.1) is 5.92 Å². The fourth-order valence-electron chi connectivity index (χ4n) is 1.26. The van der Waals surface area contributed by atoms with Crippen molar-refractivity contribution < 1.29 is 0 Å². The van der Waals surface area contributed by atoms with Gasteiger partial charge in [0.1, 0.15) is 7.85 Å². The van der Waals surface area contributed by atoms with Crippen molar-refractivity contribution >= 4 is 7.85 Å². The Bertz CT molecular complexity index is 297. The summed E-state index contributed by atoms with van der Waals surface area (Å²) in [5.41, 5.74) is 7.19. The van der Waals surface area contributed by atoms with Gasteiger partial charge < -0.3 is 0 Å². The van der Waals surface area contributed by atoms with Crippen molar-refractivity contribution in [3.8, 4) is 0 Å². The summed E-state index contributed by atoms with van der Waals surface area (Å²) in [6.45, 7) is 6.49. The highest BCUT2D eigenvalue weighted by atomic mass is 14.0. The molecule has 0 amide bonds. The minimum absolute atomic E-state index is 0.565. The Morgan fingerprint density at radius 2 is 2.00 bits per heavy atom. The molecule has 0 aromatic heterocycles. The Balaban J connectivity index is 3.07. The van der Waals surface area contributed by atoms with Gasteiger partial charge in [-0.1, -0.05) is 31.5 Å². The molecule has 0 saturated heterocycles. The van der Waals surface area contributed by atoms with Gasteiger partial charge in [0.25, 0.3) is 0 Å². The summed E-state index contributed by atoms with van der Waals surface area (Å²) < 4.78 is 0. The van der Waals surface area contributed by atoms with Crippen LogP contribution in [-0.4, -0.2) is 7.85 Å². The van der Waals surface area contributed by atoms with Gasteiger partial charge in [-0.25, -0.2) is 0 Å². The van der Waals surface area contributed by atoms with Gasteiger partial charge in [0.15, 0.2) is 0 Å². The molecule has 12 heavy (non-hydrogen) atoms. The maximum atomic E-state index is 3.31. The molecule has 0 saturated carbocycles. The van der Waals surface area contributed by atoms with Crippen molar-refractivity contribution in [1.82, 2.24) is 0 Å². The third-order valence-corrected chi connectivity index (χ3v) is 1.93. The average Bonchev–Trinajstić information content (AvgIpc) is 2.11. The van der Waals surface area contributed by atoms with Gasteiger partial charge in [-0.3, -0.25) is 0 Å². The zero-order chi connectivity index (χ0) is 9.14. The first kappa shape index (κ1) is 9.16. The molecule has 1 heteroatoms. The molecular formula is C11H15B. The summed E-state index contributed by atoms with van der Waals surface area (Å²) in [6, 6.07) is 0. The summed E-state index contributed by atoms with van der Waals surface area (Å²) in [5, 5.41) is 0. The number of hydrogen-bond donors (Lipinski definition) is 0. The van der Waals surface area contributed by atoms with Crippen LogP contribution in [0.15, 0.2) is 40.6 Å². The number of hydrogen-bond acceptors (Lipinski definition) is 0. The van der Waals surface area contributed by atoms with Crippen molar-refractivity contribution in [2.45, 2.75) is 20.8 Å². The molecule has 1 aliphatic carbocycles. The van der Waals surface area contributed by atoms with E-state index in [0.717, 1.165) is 0 Å². The van der Waals surface area contributed by atoms with Gasteiger partial charge in [-0.15, -0.1) is 5.73 Å². The smallest absolute Gasteiger partial charge is 0.117 e. The second-order valence-electron chi connectivity index (χ2n) is 3.68. The Labute approximate surface area is 75.8 Å². The van der Waals surface area contributed by atoms with E-state index in [0.29, 0.717) is 5.92 Å². The summed E-state index contributed by atoms with van der Waals surface area (Å²) in [7, 11) is 2.13. The highest BCUT2D eigenvalue weighted by Gasteiger charge is 2.00. The molecule has 0 aromatic carbocycles. The molecule has 1 aliphatic rings. The van der Waals surface area contributed by atoms with Gasteiger partial charge in [0.2, 0.25) is 0 Å². The lowest BCUT2D eigenvalue weighted by molar-refractivity contribution is 0.793. The van der Waals surface area contributed by atoms with Gasteiger partial charge in [0, 0.05) is 0 Å². The Kier molecular flexibility index (Phi) is 2.78. The Morgan fingerprint density at radius 3 is 2.58 bits per heavy atom. The first-order valence-corrected chi connectivity index (χ1v) is 4.43. The van der Waals surface area contributed by atoms with Crippen molar-refractivity contribution in [2.75, 3.05) is 0 Å². The zero-order valence-electron chi connectivity index (χ0n) is 8.31. The van der Waals surface area contributed by atoms with Crippen LogP contribution < -0.4 is 0 Å². The van der Waals surface area contributed by atoms with E-state index < -0.39 is 0 Å². The lowest BCUT2D eigenvalue weighted by atomic mass is 9.90. The lowest BCUT2D eigenvalue weighted by Gasteiger charge is -2.02. The molecule has 62 valence electrons. The van der Waals surface area contributed by atoms with Gasteiger partial charge >= 0.3 is 0 Å². The van der Waals surface area contributed by atoms with Crippen molar-refractivity contribution in [2.24, 2.45) is 5.92 Å². The van der Waals surface area contributed by atoms with E-state index in [4.69, 9.17) is 0 Å². The fraction of sp³-hybridized carbons (Fsp3) is 0.364. The maximum Gasteiger partial charge on any atom is 0.139 e. The molecule has 0 nitrogen and oxygen atoms in total. The van der Waals surface area contributed by atoms with Crippen LogP contribution in [0.5, 0.6) is 0 Å². The topological polar surface area (TPSA) is 0 Å². The van der Waals surface area contributed by atoms with Crippen LogP contribution in [0.25, 0.3) is 0 Å². The van der Waals surface area contributed by atoms with E-state index in [9.17, 15) is 0 Å². The summed E-state index contributed by atoms with van der Waals surface area (Å²) in [5.74, 6) is 0.565. The lowest BCUT2D eigenvalue weighted by Crippen LogP contribution is -1.89. The predicted octanol–water partition coefficient (Wildman–Crippen LogP) is 2.20. The highest BCUT2D eigenvalue weighted by Crippen LogP contribution is 2.15. The molecule has 0 radical (unpaired) electrons. The second-order valence-corrected chi connectivity index (χ2v) is 3.68. The van der Waals surface area contributed by atoms with Gasteiger partial charge in [0.05, 0.1) is 0 Å².